The molecule has 2 aromatic carbocycles. The zero-order valence-corrected chi connectivity index (χ0v) is 18.1. The number of nitro benzene ring substituents is 1. The highest BCUT2D eigenvalue weighted by molar-refractivity contribution is 7.99. The lowest BCUT2D eigenvalue weighted by atomic mass is 10.1. The maximum atomic E-state index is 14.3. The Kier molecular flexibility index (Phi) is 7.17. The number of nitro groups is 1. The van der Waals surface area contributed by atoms with E-state index in [1.54, 1.807) is 22.8 Å². The summed E-state index contributed by atoms with van der Waals surface area (Å²) < 4.78 is 16.1. The minimum Gasteiger partial charge on any atom is -0.324 e. The standard InChI is InChI=1S/C21H19FN6O3S/c1-13(2)11-27-20(16-5-3-4-6-17(16)22)25-26-21(27)32-12-19(29)24-18-8-7-15(28(30)31)9-14(18)10-23/h3-9,13H,11-12H2,1-2H3,(H,24,29). The molecule has 32 heavy (non-hydrogen) atoms. The SMILES string of the molecule is CC(C)Cn1c(SCC(=O)Nc2ccc([N+](=O)[O-])cc2C#N)nnc1-c1ccccc1F. The van der Waals surface area contributed by atoms with E-state index in [9.17, 15) is 24.6 Å². The van der Waals surface area contributed by atoms with E-state index in [1.807, 2.05) is 19.9 Å². The molecule has 0 aliphatic heterocycles. The molecular formula is C21H19FN6O3S. The van der Waals surface area contributed by atoms with Crippen molar-refractivity contribution in [2.75, 3.05) is 11.1 Å². The molecule has 11 heteroatoms. The first kappa shape index (κ1) is 22.9. The van der Waals surface area contributed by atoms with Crippen LogP contribution >= 0.6 is 11.8 Å². The van der Waals surface area contributed by atoms with Gasteiger partial charge in [-0.25, -0.2) is 4.39 Å². The largest absolute Gasteiger partial charge is 0.324 e. The first-order chi connectivity index (χ1) is 15.3. The number of nitriles is 1. The number of nitrogens with one attached hydrogen (secondary N) is 1. The number of anilines is 1. The summed E-state index contributed by atoms with van der Waals surface area (Å²) in [6.07, 6.45) is 0. The van der Waals surface area contributed by atoms with Crippen molar-refractivity contribution in [3.8, 4) is 17.5 Å². The van der Waals surface area contributed by atoms with Gasteiger partial charge in [-0.15, -0.1) is 10.2 Å². The molecule has 0 fully saturated rings. The molecule has 1 N–H and O–H groups in total. The number of carbonyl (C=O) groups excluding carboxylic acids is 1. The van der Waals surface area contributed by atoms with Crippen LogP contribution in [0, 0.1) is 33.2 Å². The minimum absolute atomic E-state index is 0.0117. The van der Waals surface area contributed by atoms with Crippen molar-refractivity contribution >= 4 is 29.0 Å². The Balaban J connectivity index is 1.77. The van der Waals surface area contributed by atoms with Gasteiger partial charge in [0.1, 0.15) is 11.9 Å². The van der Waals surface area contributed by atoms with Crippen LogP contribution in [-0.2, 0) is 11.3 Å². The van der Waals surface area contributed by atoms with Crippen LogP contribution in [0.25, 0.3) is 11.4 Å². The number of benzene rings is 2. The van der Waals surface area contributed by atoms with E-state index in [1.165, 1.54) is 18.2 Å². The minimum atomic E-state index is -0.614. The number of hydrogen-bond donors (Lipinski definition) is 1. The van der Waals surface area contributed by atoms with E-state index < -0.39 is 16.6 Å². The first-order valence-corrected chi connectivity index (χ1v) is 10.6. The number of thioether (sulfide) groups is 1. The number of carbonyl (C=O) groups is 1. The fourth-order valence-corrected chi connectivity index (χ4v) is 3.68. The van der Waals surface area contributed by atoms with Gasteiger partial charge in [-0.2, -0.15) is 5.26 Å². The Hall–Kier alpha value is -3.78. The van der Waals surface area contributed by atoms with Gasteiger partial charge in [-0.05, 0) is 24.1 Å². The molecule has 3 rings (SSSR count). The highest BCUT2D eigenvalue weighted by Crippen LogP contribution is 2.27. The van der Waals surface area contributed by atoms with Crippen LogP contribution < -0.4 is 5.32 Å². The van der Waals surface area contributed by atoms with Crippen LogP contribution in [0.4, 0.5) is 15.8 Å². The summed E-state index contributed by atoms with van der Waals surface area (Å²) in [5, 5.41) is 31.4. The number of nitrogens with zero attached hydrogens (tertiary/aromatic N) is 5. The summed E-state index contributed by atoms with van der Waals surface area (Å²) in [6, 6.07) is 11.7. The normalized spacial score (nSPS) is 10.7. The molecule has 0 aliphatic rings. The van der Waals surface area contributed by atoms with Crippen molar-refractivity contribution in [2.24, 2.45) is 5.92 Å². The van der Waals surface area contributed by atoms with E-state index in [2.05, 4.69) is 15.5 Å². The Labute approximate surface area is 187 Å². The Morgan fingerprint density at radius 2 is 2.06 bits per heavy atom. The Morgan fingerprint density at radius 1 is 1.31 bits per heavy atom. The predicted molar refractivity (Wildman–Crippen MR) is 117 cm³/mol. The van der Waals surface area contributed by atoms with Gasteiger partial charge in [-0.3, -0.25) is 14.9 Å². The summed E-state index contributed by atoms with van der Waals surface area (Å²) in [5.41, 5.74) is 0.250. The van der Waals surface area contributed by atoms with Gasteiger partial charge in [0.05, 0.1) is 27.5 Å². The third-order valence-electron chi connectivity index (χ3n) is 4.32. The molecule has 9 nitrogen and oxygen atoms in total. The molecule has 0 atom stereocenters. The van der Waals surface area contributed by atoms with E-state index >= 15 is 0 Å². The van der Waals surface area contributed by atoms with Crippen LogP contribution in [-0.4, -0.2) is 31.3 Å². The number of aromatic nitrogens is 3. The van der Waals surface area contributed by atoms with Crippen LogP contribution in [0.15, 0.2) is 47.6 Å². The summed E-state index contributed by atoms with van der Waals surface area (Å²) in [4.78, 5) is 22.7. The van der Waals surface area contributed by atoms with E-state index in [-0.39, 0.29) is 28.6 Å². The van der Waals surface area contributed by atoms with Crippen LogP contribution in [0.2, 0.25) is 0 Å². The van der Waals surface area contributed by atoms with Crippen molar-refractivity contribution in [1.29, 1.82) is 5.26 Å². The Morgan fingerprint density at radius 3 is 2.72 bits per heavy atom. The van der Waals surface area contributed by atoms with Crippen LogP contribution in [0.3, 0.4) is 0 Å². The second-order valence-electron chi connectivity index (χ2n) is 7.23. The molecule has 1 amide bonds. The topological polar surface area (TPSA) is 127 Å². The first-order valence-electron chi connectivity index (χ1n) is 9.59. The van der Waals surface area contributed by atoms with E-state index in [4.69, 9.17) is 0 Å². The smallest absolute Gasteiger partial charge is 0.270 e. The molecule has 0 bridgehead atoms. The lowest BCUT2D eigenvalue weighted by Crippen LogP contribution is -2.16. The second kappa shape index (κ2) is 10.0. The monoisotopic (exact) mass is 454 g/mol. The molecule has 0 unspecified atom stereocenters. The third kappa shape index (κ3) is 5.28. The third-order valence-corrected chi connectivity index (χ3v) is 5.29. The number of amides is 1. The van der Waals surface area contributed by atoms with E-state index in [0.717, 1.165) is 17.8 Å². The average Bonchev–Trinajstić information content (AvgIpc) is 3.14. The summed E-state index contributed by atoms with van der Waals surface area (Å²) in [5.74, 6) is -0.284. The fraction of sp³-hybridized carbons (Fsp3) is 0.238. The summed E-state index contributed by atoms with van der Waals surface area (Å²) in [7, 11) is 0. The number of rotatable bonds is 8. The van der Waals surface area contributed by atoms with Crippen molar-refractivity contribution in [1.82, 2.24) is 14.8 Å². The Bertz CT molecular complexity index is 1200. The van der Waals surface area contributed by atoms with Crippen LogP contribution in [0.5, 0.6) is 0 Å². The maximum absolute atomic E-state index is 14.3. The second-order valence-corrected chi connectivity index (χ2v) is 8.17. The van der Waals surface area contributed by atoms with Gasteiger partial charge in [0.2, 0.25) is 5.91 Å². The summed E-state index contributed by atoms with van der Waals surface area (Å²) >= 11 is 1.12. The molecule has 1 heterocycles. The fourth-order valence-electron chi connectivity index (χ4n) is 2.93. The lowest BCUT2D eigenvalue weighted by Gasteiger charge is -2.13. The van der Waals surface area contributed by atoms with Gasteiger partial charge >= 0.3 is 0 Å². The molecule has 164 valence electrons. The summed E-state index contributed by atoms with van der Waals surface area (Å²) in [6.45, 7) is 4.54. The zero-order chi connectivity index (χ0) is 23.3. The van der Waals surface area contributed by atoms with E-state index in [0.29, 0.717) is 23.1 Å². The zero-order valence-electron chi connectivity index (χ0n) is 17.3. The van der Waals surface area contributed by atoms with Gasteiger partial charge in [0, 0.05) is 18.7 Å². The highest BCUT2D eigenvalue weighted by atomic mass is 32.2. The maximum Gasteiger partial charge on any atom is 0.270 e. The molecule has 0 spiro atoms. The average molecular weight is 454 g/mol. The number of halogens is 1. The van der Waals surface area contributed by atoms with Gasteiger partial charge in [0.25, 0.3) is 5.69 Å². The van der Waals surface area contributed by atoms with Crippen LogP contribution in [0.1, 0.15) is 19.4 Å². The molecule has 0 saturated heterocycles. The molecule has 0 radical (unpaired) electrons. The van der Waals surface area contributed by atoms with Crippen molar-refractivity contribution < 1.29 is 14.1 Å². The number of non-ortho nitro benzene ring substituents is 1. The molecule has 0 saturated carbocycles. The quantitative estimate of drug-likeness (QED) is 0.306. The highest BCUT2D eigenvalue weighted by Gasteiger charge is 2.19. The van der Waals surface area contributed by atoms with Gasteiger partial charge in [0.15, 0.2) is 11.0 Å². The molecule has 1 aromatic heterocycles. The van der Waals surface area contributed by atoms with Crippen molar-refractivity contribution in [3.05, 3.63) is 64.0 Å². The van der Waals surface area contributed by atoms with Gasteiger partial charge in [-0.1, -0.05) is 37.7 Å². The molecular weight excluding hydrogens is 435 g/mol. The number of hydrogen-bond acceptors (Lipinski definition) is 7. The molecule has 3 aromatic rings. The van der Waals surface area contributed by atoms with Crippen molar-refractivity contribution in [2.45, 2.75) is 25.5 Å². The predicted octanol–water partition coefficient (Wildman–Crippen LogP) is 4.25. The van der Waals surface area contributed by atoms with Gasteiger partial charge < -0.3 is 9.88 Å². The lowest BCUT2D eigenvalue weighted by molar-refractivity contribution is -0.384. The van der Waals surface area contributed by atoms with Crippen molar-refractivity contribution in [3.63, 3.8) is 0 Å². The molecule has 0 aliphatic carbocycles.